The third-order valence-corrected chi connectivity index (χ3v) is 4.80. The van der Waals surface area contributed by atoms with Crippen LogP contribution in [0.1, 0.15) is 16.2 Å². The van der Waals surface area contributed by atoms with Crippen molar-refractivity contribution in [3.05, 3.63) is 59.1 Å². The summed E-state index contributed by atoms with van der Waals surface area (Å²) in [5.41, 5.74) is -1.76. The molecular weight excluding hydrogens is 453 g/mol. The molecule has 3 heterocycles. The minimum absolute atomic E-state index is 0.103. The minimum atomic E-state index is -4.80. The van der Waals surface area contributed by atoms with Crippen molar-refractivity contribution in [3.63, 3.8) is 0 Å². The minimum Gasteiger partial charge on any atom is -0.493 e. The van der Waals surface area contributed by atoms with E-state index < -0.39 is 23.5 Å². The summed E-state index contributed by atoms with van der Waals surface area (Å²) < 4.78 is 57.0. The SMILES string of the molecule is COc1ccc(NC(=O)c2nn3c(C(F)(F)F)cc(-c4ccco4)nc3c2Cl)cc1OC. The molecule has 3 aromatic heterocycles. The number of amides is 1. The van der Waals surface area contributed by atoms with Crippen molar-refractivity contribution >= 4 is 28.8 Å². The normalized spacial score (nSPS) is 11.6. The number of carbonyl (C=O) groups is 1. The van der Waals surface area contributed by atoms with E-state index in [1.54, 1.807) is 6.07 Å². The van der Waals surface area contributed by atoms with Crippen molar-refractivity contribution in [2.45, 2.75) is 6.18 Å². The summed E-state index contributed by atoms with van der Waals surface area (Å²) in [5.74, 6) is 0.0447. The quantitative estimate of drug-likeness (QED) is 0.448. The number of halogens is 4. The van der Waals surface area contributed by atoms with Crippen LogP contribution in [0, 0.1) is 0 Å². The molecular formula is C20H14ClF3N4O4. The Balaban J connectivity index is 1.78. The summed E-state index contributed by atoms with van der Waals surface area (Å²) in [6.45, 7) is 0. The molecule has 0 aliphatic rings. The van der Waals surface area contributed by atoms with Gasteiger partial charge in [0.1, 0.15) is 10.7 Å². The average Bonchev–Trinajstić information content (AvgIpc) is 3.41. The zero-order valence-corrected chi connectivity index (χ0v) is 17.3. The number of methoxy groups -OCH3 is 2. The third-order valence-electron chi connectivity index (χ3n) is 4.45. The smallest absolute Gasteiger partial charge is 0.433 e. The summed E-state index contributed by atoms with van der Waals surface area (Å²) in [6.07, 6.45) is -3.50. The molecule has 4 rings (SSSR count). The number of furan rings is 1. The largest absolute Gasteiger partial charge is 0.493 e. The molecule has 0 radical (unpaired) electrons. The number of ether oxygens (including phenoxy) is 2. The van der Waals surface area contributed by atoms with Gasteiger partial charge in [0.2, 0.25) is 0 Å². The molecule has 166 valence electrons. The van der Waals surface area contributed by atoms with E-state index in [1.165, 1.54) is 44.7 Å². The Hall–Kier alpha value is -3.73. The van der Waals surface area contributed by atoms with E-state index >= 15 is 0 Å². The fourth-order valence-electron chi connectivity index (χ4n) is 2.99. The zero-order valence-electron chi connectivity index (χ0n) is 16.5. The van der Waals surface area contributed by atoms with Crippen LogP contribution >= 0.6 is 11.6 Å². The first-order valence-corrected chi connectivity index (χ1v) is 9.34. The van der Waals surface area contributed by atoms with Crippen LogP contribution in [0.15, 0.2) is 47.1 Å². The van der Waals surface area contributed by atoms with Crippen LogP contribution in [0.5, 0.6) is 11.5 Å². The fraction of sp³-hybridized carbons (Fsp3) is 0.150. The third kappa shape index (κ3) is 3.82. The van der Waals surface area contributed by atoms with Gasteiger partial charge in [-0.05, 0) is 30.3 Å². The molecule has 0 aliphatic heterocycles. The Bertz CT molecular complexity index is 1300. The molecule has 4 aromatic rings. The first kappa shape index (κ1) is 21.5. The molecule has 1 aromatic carbocycles. The number of aromatic nitrogens is 3. The van der Waals surface area contributed by atoms with Crippen LogP contribution < -0.4 is 14.8 Å². The van der Waals surface area contributed by atoms with Crippen molar-refractivity contribution in [1.29, 1.82) is 0 Å². The predicted molar refractivity (Wildman–Crippen MR) is 108 cm³/mol. The zero-order chi connectivity index (χ0) is 23.0. The molecule has 32 heavy (non-hydrogen) atoms. The lowest BCUT2D eigenvalue weighted by atomic mass is 10.2. The van der Waals surface area contributed by atoms with Gasteiger partial charge in [0, 0.05) is 11.8 Å². The Morgan fingerprint density at radius 1 is 1.16 bits per heavy atom. The second-order valence-electron chi connectivity index (χ2n) is 6.42. The number of hydrogen-bond acceptors (Lipinski definition) is 6. The molecule has 0 saturated carbocycles. The number of carbonyl (C=O) groups excluding carboxylic acids is 1. The average molecular weight is 467 g/mol. The highest BCUT2D eigenvalue weighted by Crippen LogP contribution is 2.35. The highest BCUT2D eigenvalue weighted by atomic mass is 35.5. The topological polar surface area (TPSA) is 90.9 Å². The van der Waals surface area contributed by atoms with Crippen molar-refractivity contribution in [3.8, 4) is 23.0 Å². The first-order valence-electron chi connectivity index (χ1n) is 8.96. The molecule has 8 nitrogen and oxygen atoms in total. The van der Waals surface area contributed by atoms with Gasteiger partial charge in [-0.1, -0.05) is 11.6 Å². The second-order valence-corrected chi connectivity index (χ2v) is 6.80. The van der Waals surface area contributed by atoms with Gasteiger partial charge in [0.05, 0.1) is 20.5 Å². The molecule has 0 bridgehead atoms. The molecule has 0 unspecified atom stereocenters. The first-order chi connectivity index (χ1) is 15.2. The predicted octanol–water partition coefficient (Wildman–Crippen LogP) is 4.93. The lowest BCUT2D eigenvalue weighted by Crippen LogP contribution is -2.16. The molecule has 0 aliphatic carbocycles. The Kier molecular flexibility index (Phi) is 5.43. The van der Waals surface area contributed by atoms with Gasteiger partial charge in [0.15, 0.2) is 34.3 Å². The number of benzene rings is 1. The van der Waals surface area contributed by atoms with Gasteiger partial charge in [-0.15, -0.1) is 0 Å². The second kappa shape index (κ2) is 8.08. The number of anilines is 1. The number of alkyl halides is 3. The van der Waals surface area contributed by atoms with E-state index in [9.17, 15) is 18.0 Å². The van der Waals surface area contributed by atoms with Crippen molar-refractivity contribution in [2.24, 2.45) is 0 Å². The van der Waals surface area contributed by atoms with E-state index in [1.807, 2.05) is 0 Å². The maximum atomic E-state index is 13.7. The van der Waals surface area contributed by atoms with Gasteiger partial charge < -0.3 is 19.2 Å². The summed E-state index contributed by atoms with van der Waals surface area (Å²) in [4.78, 5) is 16.9. The van der Waals surface area contributed by atoms with E-state index in [-0.39, 0.29) is 22.1 Å². The molecule has 0 atom stereocenters. The molecule has 0 saturated heterocycles. The molecule has 1 N–H and O–H groups in total. The van der Waals surface area contributed by atoms with E-state index in [0.29, 0.717) is 21.7 Å². The van der Waals surface area contributed by atoms with Crippen LogP contribution in [0.2, 0.25) is 5.02 Å². The number of rotatable bonds is 5. The standard InChI is InChI=1S/C20H14ClF3N4O4/c1-30-13-6-5-10(8-14(13)31-2)25-19(29)17-16(21)18-26-11(12-4-3-7-32-12)9-15(20(22,23)24)28(18)27-17/h3-9H,1-2H3,(H,25,29). The van der Waals surface area contributed by atoms with Gasteiger partial charge in [0.25, 0.3) is 5.91 Å². The Morgan fingerprint density at radius 3 is 2.53 bits per heavy atom. The summed E-state index contributed by atoms with van der Waals surface area (Å²) in [6, 6.07) is 8.29. The van der Waals surface area contributed by atoms with E-state index in [4.69, 9.17) is 25.5 Å². The lowest BCUT2D eigenvalue weighted by molar-refractivity contribution is -0.142. The van der Waals surface area contributed by atoms with Gasteiger partial charge in [-0.3, -0.25) is 4.79 Å². The van der Waals surface area contributed by atoms with Crippen LogP contribution in [-0.2, 0) is 6.18 Å². The van der Waals surface area contributed by atoms with Gasteiger partial charge >= 0.3 is 6.18 Å². The highest BCUT2D eigenvalue weighted by molar-refractivity contribution is 6.37. The Labute approximate surface area is 183 Å². The molecule has 0 spiro atoms. The highest BCUT2D eigenvalue weighted by Gasteiger charge is 2.37. The van der Waals surface area contributed by atoms with Crippen molar-refractivity contribution < 1.29 is 31.9 Å². The molecule has 1 amide bonds. The van der Waals surface area contributed by atoms with Crippen molar-refractivity contribution in [1.82, 2.24) is 14.6 Å². The maximum absolute atomic E-state index is 13.7. The Morgan fingerprint density at radius 2 is 1.91 bits per heavy atom. The number of nitrogens with one attached hydrogen (secondary N) is 1. The van der Waals surface area contributed by atoms with Crippen LogP contribution in [0.3, 0.4) is 0 Å². The molecule has 12 heteroatoms. The van der Waals surface area contributed by atoms with Crippen molar-refractivity contribution in [2.75, 3.05) is 19.5 Å². The maximum Gasteiger partial charge on any atom is 0.433 e. The summed E-state index contributed by atoms with van der Waals surface area (Å²) in [7, 11) is 2.87. The fourth-order valence-corrected chi connectivity index (χ4v) is 3.24. The number of hydrogen-bond donors (Lipinski definition) is 1. The summed E-state index contributed by atoms with van der Waals surface area (Å²) in [5, 5.41) is 5.96. The van der Waals surface area contributed by atoms with Gasteiger partial charge in [-0.2, -0.15) is 18.3 Å². The lowest BCUT2D eigenvalue weighted by Gasteiger charge is -2.10. The van der Waals surface area contributed by atoms with Crippen LogP contribution in [0.25, 0.3) is 17.1 Å². The number of fused-ring (bicyclic) bond motifs is 1. The van der Waals surface area contributed by atoms with Gasteiger partial charge in [-0.25, -0.2) is 9.50 Å². The van der Waals surface area contributed by atoms with Crippen LogP contribution in [-0.4, -0.2) is 34.7 Å². The number of nitrogens with zero attached hydrogens (tertiary/aromatic N) is 3. The summed E-state index contributed by atoms with van der Waals surface area (Å²) >= 11 is 6.23. The monoisotopic (exact) mass is 466 g/mol. The van der Waals surface area contributed by atoms with Crippen LogP contribution in [0.4, 0.5) is 18.9 Å². The molecule has 0 fully saturated rings. The van der Waals surface area contributed by atoms with E-state index in [0.717, 1.165) is 6.07 Å². The van der Waals surface area contributed by atoms with E-state index in [2.05, 4.69) is 15.4 Å².